The lowest BCUT2D eigenvalue weighted by atomic mass is 10.2. The van der Waals surface area contributed by atoms with Gasteiger partial charge in [0.05, 0.1) is 11.9 Å². The number of aromatic nitrogens is 4. The van der Waals surface area contributed by atoms with Crippen LogP contribution in [0.5, 0.6) is 0 Å². The zero-order chi connectivity index (χ0) is 17.8. The first-order valence-corrected chi connectivity index (χ1v) is 9.56. The number of nitrogens with zero attached hydrogens (tertiary/aromatic N) is 4. The topological polar surface area (TPSA) is 35.1 Å². The highest BCUT2D eigenvalue weighted by Crippen LogP contribution is 2.35. The van der Waals surface area contributed by atoms with Crippen molar-refractivity contribution in [1.29, 1.82) is 0 Å². The van der Waals surface area contributed by atoms with Crippen LogP contribution in [0.15, 0.2) is 59.3 Å². The lowest BCUT2D eigenvalue weighted by Gasteiger charge is -1.96. The average Bonchev–Trinajstić information content (AvgIpc) is 3.27. The Morgan fingerprint density at radius 1 is 1.08 bits per heavy atom. The number of hydrogen-bond donors (Lipinski definition) is 0. The molecule has 0 amide bonds. The normalized spacial score (nSPS) is 11.7. The van der Waals surface area contributed by atoms with Gasteiger partial charge in [0.1, 0.15) is 10.8 Å². The lowest BCUT2D eigenvalue weighted by Crippen LogP contribution is -1.83. The molecule has 3 heterocycles. The fourth-order valence-corrected chi connectivity index (χ4v) is 4.37. The van der Waals surface area contributed by atoms with Crippen LogP contribution in [0.25, 0.3) is 37.7 Å². The maximum absolute atomic E-state index is 13.1. The Morgan fingerprint density at radius 3 is 2.65 bits per heavy atom. The number of hydrogen-bond acceptors (Lipinski definition) is 3. The number of rotatable bonds is 2. The molecule has 0 unspecified atom stereocenters. The van der Waals surface area contributed by atoms with Crippen molar-refractivity contribution >= 4 is 43.1 Å². The second-order valence-electron chi connectivity index (χ2n) is 6.08. The molecular weight excluding hydrogens is 415 g/mol. The van der Waals surface area contributed by atoms with Crippen LogP contribution in [0.3, 0.4) is 0 Å². The van der Waals surface area contributed by atoms with Gasteiger partial charge in [-0.05, 0) is 42.5 Å². The lowest BCUT2D eigenvalue weighted by molar-refractivity contribution is 0.628. The summed E-state index contributed by atoms with van der Waals surface area (Å²) in [5, 5.41) is 6.78. The molecule has 128 valence electrons. The van der Waals surface area contributed by atoms with Gasteiger partial charge in [0.15, 0.2) is 0 Å². The summed E-state index contributed by atoms with van der Waals surface area (Å²) in [5.74, 6) is -0.253. The molecule has 0 fully saturated rings. The van der Waals surface area contributed by atoms with Gasteiger partial charge in [0, 0.05) is 39.7 Å². The van der Waals surface area contributed by atoms with Crippen LogP contribution < -0.4 is 0 Å². The van der Waals surface area contributed by atoms with Crippen molar-refractivity contribution in [3.63, 3.8) is 0 Å². The van der Waals surface area contributed by atoms with Gasteiger partial charge in [-0.15, -0.1) is 0 Å². The Kier molecular flexibility index (Phi) is 3.48. The third kappa shape index (κ3) is 2.47. The van der Waals surface area contributed by atoms with E-state index in [0.29, 0.717) is 0 Å². The standard InChI is InChI=1S/C19H12BrFN4S/c1-24-9-15(14-8-12(20)4-7-17(14)24)18-23-25-10-16(22-19(25)26-18)11-2-5-13(21)6-3-11/h2-10H,1H3. The van der Waals surface area contributed by atoms with E-state index in [0.717, 1.165) is 42.2 Å². The SMILES string of the molecule is Cn1cc(-c2nn3cc(-c4ccc(F)cc4)nc3s2)c2cc(Br)ccc21. The van der Waals surface area contributed by atoms with E-state index in [9.17, 15) is 4.39 Å². The van der Waals surface area contributed by atoms with E-state index in [4.69, 9.17) is 5.10 Å². The molecule has 2 aromatic carbocycles. The number of fused-ring (bicyclic) bond motifs is 2. The van der Waals surface area contributed by atoms with Gasteiger partial charge in [-0.25, -0.2) is 13.9 Å². The number of imidazole rings is 1. The van der Waals surface area contributed by atoms with Gasteiger partial charge < -0.3 is 4.57 Å². The molecule has 5 aromatic rings. The fourth-order valence-electron chi connectivity index (χ4n) is 3.10. The third-order valence-electron chi connectivity index (χ3n) is 4.37. The summed E-state index contributed by atoms with van der Waals surface area (Å²) in [7, 11) is 2.03. The molecule has 0 atom stereocenters. The molecule has 0 radical (unpaired) electrons. The van der Waals surface area contributed by atoms with Crippen LogP contribution in [0.2, 0.25) is 0 Å². The summed E-state index contributed by atoms with van der Waals surface area (Å²) < 4.78 is 18.0. The summed E-state index contributed by atoms with van der Waals surface area (Å²) in [5.41, 5.74) is 3.90. The van der Waals surface area contributed by atoms with Crippen LogP contribution in [-0.4, -0.2) is 19.2 Å². The van der Waals surface area contributed by atoms with Crippen molar-refractivity contribution in [2.24, 2.45) is 7.05 Å². The molecule has 7 heteroatoms. The number of aryl methyl sites for hydroxylation is 1. The molecule has 26 heavy (non-hydrogen) atoms. The predicted octanol–water partition coefficient (Wildman–Crippen LogP) is 5.52. The van der Waals surface area contributed by atoms with E-state index in [1.807, 2.05) is 19.3 Å². The quantitative estimate of drug-likeness (QED) is 0.372. The first-order chi connectivity index (χ1) is 12.6. The fraction of sp³-hybridized carbons (Fsp3) is 0.0526. The summed E-state index contributed by atoms with van der Waals surface area (Å²) in [6.07, 6.45) is 3.97. The van der Waals surface area contributed by atoms with E-state index < -0.39 is 0 Å². The minimum Gasteiger partial charge on any atom is -0.350 e. The zero-order valence-corrected chi connectivity index (χ0v) is 16.1. The van der Waals surface area contributed by atoms with Crippen LogP contribution in [0, 0.1) is 5.82 Å². The Morgan fingerprint density at radius 2 is 1.88 bits per heavy atom. The molecule has 0 N–H and O–H groups in total. The van der Waals surface area contributed by atoms with Gasteiger partial charge in [-0.1, -0.05) is 27.3 Å². The molecule has 5 rings (SSSR count). The first-order valence-electron chi connectivity index (χ1n) is 7.95. The van der Waals surface area contributed by atoms with E-state index >= 15 is 0 Å². The van der Waals surface area contributed by atoms with E-state index in [1.165, 1.54) is 12.1 Å². The molecule has 4 nitrogen and oxygen atoms in total. The summed E-state index contributed by atoms with van der Waals surface area (Å²) in [6.45, 7) is 0. The van der Waals surface area contributed by atoms with Gasteiger partial charge in [-0.2, -0.15) is 5.10 Å². The molecule has 3 aromatic heterocycles. The predicted molar refractivity (Wildman–Crippen MR) is 106 cm³/mol. The Bertz CT molecular complexity index is 1230. The minimum atomic E-state index is -0.253. The van der Waals surface area contributed by atoms with Gasteiger partial charge in [0.2, 0.25) is 4.96 Å². The molecule has 0 bridgehead atoms. The Hall–Kier alpha value is -2.51. The molecule has 0 aliphatic rings. The molecular formula is C19H12BrFN4S. The first kappa shape index (κ1) is 15.7. The van der Waals surface area contributed by atoms with Crippen molar-refractivity contribution < 1.29 is 4.39 Å². The zero-order valence-electron chi connectivity index (χ0n) is 13.6. The highest BCUT2D eigenvalue weighted by Gasteiger charge is 2.15. The van der Waals surface area contributed by atoms with E-state index in [-0.39, 0.29) is 5.82 Å². The smallest absolute Gasteiger partial charge is 0.213 e. The number of halogens is 2. The average molecular weight is 427 g/mol. The van der Waals surface area contributed by atoms with Crippen LogP contribution >= 0.6 is 27.3 Å². The minimum absolute atomic E-state index is 0.253. The molecule has 0 aliphatic carbocycles. The summed E-state index contributed by atoms with van der Waals surface area (Å²) in [6, 6.07) is 12.6. The number of benzene rings is 2. The summed E-state index contributed by atoms with van der Waals surface area (Å²) >= 11 is 5.09. The maximum Gasteiger partial charge on any atom is 0.213 e. The van der Waals surface area contributed by atoms with Crippen LogP contribution in [-0.2, 0) is 7.05 Å². The van der Waals surface area contributed by atoms with Gasteiger partial charge >= 0.3 is 0 Å². The van der Waals surface area contributed by atoms with E-state index in [2.05, 4.69) is 43.8 Å². The van der Waals surface area contributed by atoms with Crippen LogP contribution in [0.1, 0.15) is 0 Å². The van der Waals surface area contributed by atoms with Crippen molar-refractivity contribution in [2.45, 2.75) is 0 Å². The second-order valence-corrected chi connectivity index (χ2v) is 7.95. The van der Waals surface area contributed by atoms with Crippen molar-refractivity contribution in [2.75, 3.05) is 0 Å². The van der Waals surface area contributed by atoms with Crippen molar-refractivity contribution in [3.05, 3.63) is 65.1 Å². The molecule has 0 spiro atoms. The maximum atomic E-state index is 13.1. The molecule has 0 aliphatic heterocycles. The van der Waals surface area contributed by atoms with Crippen LogP contribution in [0.4, 0.5) is 4.39 Å². The van der Waals surface area contributed by atoms with Gasteiger partial charge in [0.25, 0.3) is 0 Å². The Labute approximate surface area is 160 Å². The van der Waals surface area contributed by atoms with E-state index in [1.54, 1.807) is 28.0 Å². The highest BCUT2D eigenvalue weighted by atomic mass is 79.9. The Balaban J connectivity index is 1.62. The second kappa shape index (κ2) is 5.75. The largest absolute Gasteiger partial charge is 0.350 e. The highest BCUT2D eigenvalue weighted by molar-refractivity contribution is 9.10. The molecule has 0 saturated carbocycles. The van der Waals surface area contributed by atoms with Gasteiger partial charge in [-0.3, -0.25) is 0 Å². The van der Waals surface area contributed by atoms with Crippen molar-refractivity contribution in [1.82, 2.24) is 19.2 Å². The van der Waals surface area contributed by atoms with Crippen molar-refractivity contribution in [3.8, 4) is 21.8 Å². The summed E-state index contributed by atoms with van der Waals surface area (Å²) in [4.78, 5) is 5.46. The monoisotopic (exact) mass is 426 g/mol. The third-order valence-corrected chi connectivity index (χ3v) is 5.81. The molecule has 0 saturated heterocycles.